The Morgan fingerprint density at radius 2 is 1.47 bits per heavy atom. The second-order valence-corrected chi connectivity index (χ2v) is 17.5. The molecule has 1 aliphatic heterocycles. The molecule has 7 rings (SSSR count). The first-order valence-corrected chi connectivity index (χ1v) is 20.7. The first-order valence-electron chi connectivity index (χ1n) is 20.7. The number of hydrogen-bond donors (Lipinski definition) is 0. The lowest BCUT2D eigenvalue weighted by molar-refractivity contribution is -0.137. The SMILES string of the molecule is COc1ccc(COC2CC(C)(C)Cc3nc(C4CCN(c5ncc(COC(C)C)cn5)CC4)c(C(F)c4ccc(C(F)(F)F)cc4)c(C4CCC(F)(F)CC4)c32)cc1. The van der Waals surface area contributed by atoms with Crippen molar-refractivity contribution in [3.63, 3.8) is 0 Å². The van der Waals surface area contributed by atoms with Crippen LogP contribution in [0.2, 0.25) is 0 Å². The van der Waals surface area contributed by atoms with Gasteiger partial charge in [-0.3, -0.25) is 4.98 Å². The third kappa shape index (κ3) is 10.0. The minimum Gasteiger partial charge on any atom is -0.497 e. The molecule has 0 amide bonds. The molecule has 2 aliphatic carbocycles. The van der Waals surface area contributed by atoms with Gasteiger partial charge in [-0.15, -0.1) is 0 Å². The fraction of sp³-hybridized carbons (Fsp3) is 0.543. The highest BCUT2D eigenvalue weighted by molar-refractivity contribution is 5.51. The van der Waals surface area contributed by atoms with E-state index in [0.29, 0.717) is 73.9 Å². The van der Waals surface area contributed by atoms with Crippen molar-refractivity contribution in [2.24, 2.45) is 5.41 Å². The van der Waals surface area contributed by atoms with Crippen molar-refractivity contribution in [1.82, 2.24) is 15.0 Å². The molecule has 2 fully saturated rings. The van der Waals surface area contributed by atoms with Gasteiger partial charge in [-0.1, -0.05) is 38.1 Å². The number of halogens is 6. The number of benzene rings is 2. The molecule has 1 saturated heterocycles. The number of alkyl halides is 6. The van der Waals surface area contributed by atoms with Gasteiger partial charge in [-0.2, -0.15) is 13.2 Å². The van der Waals surface area contributed by atoms with Crippen LogP contribution in [0.4, 0.5) is 32.3 Å². The molecule has 4 aromatic rings. The predicted molar refractivity (Wildman–Crippen MR) is 214 cm³/mol. The van der Waals surface area contributed by atoms with Crippen molar-refractivity contribution < 1.29 is 40.6 Å². The van der Waals surface area contributed by atoms with Crippen LogP contribution in [-0.4, -0.2) is 47.2 Å². The summed E-state index contributed by atoms with van der Waals surface area (Å²) in [4.78, 5) is 16.7. The number of anilines is 1. The summed E-state index contributed by atoms with van der Waals surface area (Å²) < 4.78 is 106. The molecule has 2 atom stereocenters. The van der Waals surface area contributed by atoms with Crippen molar-refractivity contribution in [3.05, 3.63) is 111 Å². The van der Waals surface area contributed by atoms with Gasteiger partial charge < -0.3 is 19.1 Å². The van der Waals surface area contributed by atoms with Crippen LogP contribution in [0, 0.1) is 5.41 Å². The largest absolute Gasteiger partial charge is 0.497 e. The van der Waals surface area contributed by atoms with Crippen LogP contribution >= 0.6 is 0 Å². The second kappa shape index (κ2) is 17.4. The summed E-state index contributed by atoms with van der Waals surface area (Å²) in [6.07, 6.45) is -1.47. The predicted octanol–water partition coefficient (Wildman–Crippen LogP) is 11.8. The van der Waals surface area contributed by atoms with Gasteiger partial charge in [0.15, 0.2) is 6.17 Å². The van der Waals surface area contributed by atoms with Gasteiger partial charge in [0.2, 0.25) is 11.9 Å². The van der Waals surface area contributed by atoms with Gasteiger partial charge in [-0.25, -0.2) is 23.1 Å². The molecule has 0 N–H and O–H groups in total. The van der Waals surface area contributed by atoms with Crippen molar-refractivity contribution in [3.8, 4) is 5.75 Å². The highest BCUT2D eigenvalue weighted by Gasteiger charge is 2.44. The maximum atomic E-state index is 17.8. The molecule has 13 heteroatoms. The van der Waals surface area contributed by atoms with Crippen LogP contribution in [0.1, 0.15) is 147 Å². The Kier molecular flexibility index (Phi) is 12.6. The van der Waals surface area contributed by atoms with E-state index >= 15 is 4.39 Å². The zero-order valence-electron chi connectivity index (χ0n) is 34.4. The smallest absolute Gasteiger partial charge is 0.416 e. The summed E-state index contributed by atoms with van der Waals surface area (Å²) in [5.74, 6) is -2.20. The molecule has 0 bridgehead atoms. The van der Waals surface area contributed by atoms with E-state index in [-0.39, 0.29) is 55.3 Å². The number of rotatable bonds is 12. The molecule has 59 heavy (non-hydrogen) atoms. The van der Waals surface area contributed by atoms with E-state index in [9.17, 15) is 22.0 Å². The molecular formula is C46H54F6N4O3. The summed E-state index contributed by atoms with van der Waals surface area (Å²) in [5, 5.41) is 0. The zero-order valence-corrected chi connectivity index (χ0v) is 34.4. The van der Waals surface area contributed by atoms with Crippen molar-refractivity contribution in [2.45, 2.75) is 135 Å². The van der Waals surface area contributed by atoms with E-state index in [0.717, 1.165) is 34.5 Å². The summed E-state index contributed by atoms with van der Waals surface area (Å²) in [5.41, 5.74) is 3.70. The van der Waals surface area contributed by atoms with Crippen molar-refractivity contribution in [2.75, 3.05) is 25.1 Å². The quantitative estimate of drug-likeness (QED) is 0.132. The molecule has 2 aromatic carbocycles. The molecule has 0 radical (unpaired) electrons. The van der Waals surface area contributed by atoms with E-state index in [1.807, 2.05) is 38.1 Å². The number of piperidine rings is 1. The maximum Gasteiger partial charge on any atom is 0.416 e. The van der Waals surface area contributed by atoms with E-state index in [1.54, 1.807) is 19.5 Å². The highest BCUT2D eigenvalue weighted by Crippen LogP contribution is 2.53. The molecule has 318 valence electrons. The van der Waals surface area contributed by atoms with Gasteiger partial charge >= 0.3 is 6.18 Å². The standard InChI is InChI=1S/C46H54F6N4O3/c1-28(2)58-27-30-24-53-43(54-25-30)56-20-16-33(17-21-56)42-40(41(47)32-8-10-34(11-9-32)46(50,51)52)38(31-14-18-45(48,49)19-15-31)39-36(55-42)22-44(3,4)23-37(39)59-26-29-6-12-35(57-5)13-7-29/h6-13,24-25,28,31,33,37,41H,14-23,26-27H2,1-5H3. The Hall–Kier alpha value is -4.23. The number of ether oxygens (including phenoxy) is 3. The molecule has 2 unspecified atom stereocenters. The van der Waals surface area contributed by atoms with Crippen LogP contribution < -0.4 is 9.64 Å². The molecule has 3 aliphatic rings. The molecule has 1 saturated carbocycles. The van der Waals surface area contributed by atoms with E-state index in [4.69, 9.17) is 19.2 Å². The normalized spacial score (nSPS) is 20.4. The van der Waals surface area contributed by atoms with Gasteiger partial charge in [-0.05, 0) is 105 Å². The monoisotopic (exact) mass is 824 g/mol. The Bertz CT molecular complexity index is 2020. The molecular weight excluding hydrogens is 771 g/mol. The number of aromatic nitrogens is 3. The molecule has 3 heterocycles. The van der Waals surface area contributed by atoms with Crippen LogP contribution in [0.25, 0.3) is 0 Å². The van der Waals surface area contributed by atoms with E-state index in [2.05, 4.69) is 28.7 Å². The summed E-state index contributed by atoms with van der Waals surface area (Å²) in [6.45, 7) is 9.99. The van der Waals surface area contributed by atoms with E-state index < -0.39 is 35.9 Å². The third-order valence-electron chi connectivity index (χ3n) is 12.1. The lowest BCUT2D eigenvalue weighted by Gasteiger charge is -2.42. The van der Waals surface area contributed by atoms with Gasteiger partial charge in [0, 0.05) is 66.6 Å². The Morgan fingerprint density at radius 3 is 2.07 bits per heavy atom. The first-order chi connectivity index (χ1) is 28.0. The lowest BCUT2D eigenvalue weighted by atomic mass is 9.68. The highest BCUT2D eigenvalue weighted by atomic mass is 19.4. The van der Waals surface area contributed by atoms with Gasteiger partial charge in [0.1, 0.15) is 5.75 Å². The fourth-order valence-electron chi connectivity index (χ4n) is 8.94. The Labute approximate surface area is 342 Å². The third-order valence-corrected chi connectivity index (χ3v) is 12.1. The minimum atomic E-state index is -4.59. The maximum absolute atomic E-state index is 17.8. The first kappa shape index (κ1) is 42.9. The van der Waals surface area contributed by atoms with Crippen LogP contribution in [0.3, 0.4) is 0 Å². The van der Waals surface area contributed by atoms with Crippen LogP contribution in [0.5, 0.6) is 5.75 Å². The Morgan fingerprint density at radius 1 is 0.831 bits per heavy atom. The van der Waals surface area contributed by atoms with E-state index in [1.165, 1.54) is 12.1 Å². The van der Waals surface area contributed by atoms with Crippen LogP contribution in [-0.2, 0) is 35.3 Å². The van der Waals surface area contributed by atoms with Crippen molar-refractivity contribution in [1.29, 1.82) is 0 Å². The fourth-order valence-corrected chi connectivity index (χ4v) is 8.94. The van der Waals surface area contributed by atoms with Gasteiger partial charge in [0.05, 0.1) is 43.8 Å². The minimum absolute atomic E-state index is 0.0580. The van der Waals surface area contributed by atoms with Gasteiger partial charge in [0.25, 0.3) is 0 Å². The topological polar surface area (TPSA) is 69.6 Å². The second-order valence-electron chi connectivity index (χ2n) is 17.5. The van der Waals surface area contributed by atoms with Crippen molar-refractivity contribution >= 4 is 5.95 Å². The van der Waals surface area contributed by atoms with Crippen LogP contribution in [0.15, 0.2) is 60.9 Å². The zero-order chi connectivity index (χ0) is 42.1. The summed E-state index contributed by atoms with van der Waals surface area (Å²) in [6, 6.07) is 11.7. The number of hydrogen-bond acceptors (Lipinski definition) is 7. The number of methoxy groups -OCH3 is 1. The lowest BCUT2D eigenvalue weighted by Crippen LogP contribution is -2.36. The number of fused-ring (bicyclic) bond motifs is 1. The average Bonchev–Trinajstić information content (AvgIpc) is 3.21. The Balaban J connectivity index is 1.31. The number of pyridine rings is 1. The molecule has 7 nitrogen and oxygen atoms in total. The number of nitrogens with zero attached hydrogens (tertiary/aromatic N) is 4. The molecule has 2 aromatic heterocycles. The summed E-state index contributed by atoms with van der Waals surface area (Å²) >= 11 is 0. The average molecular weight is 825 g/mol. The molecule has 0 spiro atoms. The summed E-state index contributed by atoms with van der Waals surface area (Å²) in [7, 11) is 1.60.